The summed E-state index contributed by atoms with van der Waals surface area (Å²) in [6, 6.07) is 1.39. The van der Waals surface area contributed by atoms with Crippen LogP contribution in [0, 0.1) is 0 Å². The van der Waals surface area contributed by atoms with E-state index in [9.17, 15) is 0 Å². The Hall–Kier alpha value is -0.160. The van der Waals surface area contributed by atoms with Crippen molar-refractivity contribution in [1.82, 2.24) is 15.1 Å². The van der Waals surface area contributed by atoms with E-state index >= 15 is 0 Å². The minimum absolute atomic E-state index is 0.555. The van der Waals surface area contributed by atoms with Gasteiger partial charge in [-0.1, -0.05) is 6.42 Å². The molecule has 4 nitrogen and oxygen atoms in total. The SMILES string of the molecule is C1CCN2CCN(CC3COCCN3)CC2C1. The highest BCUT2D eigenvalue weighted by molar-refractivity contribution is 4.87. The number of ether oxygens (including phenoxy) is 1. The van der Waals surface area contributed by atoms with Crippen molar-refractivity contribution in [3.63, 3.8) is 0 Å². The summed E-state index contributed by atoms with van der Waals surface area (Å²) in [7, 11) is 0. The molecule has 3 aliphatic rings. The van der Waals surface area contributed by atoms with Gasteiger partial charge in [-0.2, -0.15) is 0 Å². The molecule has 3 fully saturated rings. The van der Waals surface area contributed by atoms with E-state index in [-0.39, 0.29) is 0 Å². The molecule has 2 unspecified atom stereocenters. The zero-order chi connectivity index (χ0) is 11.5. The molecule has 98 valence electrons. The molecule has 0 aromatic heterocycles. The normalized spacial score (nSPS) is 36.7. The molecule has 0 spiro atoms. The van der Waals surface area contributed by atoms with E-state index in [0.29, 0.717) is 6.04 Å². The quantitative estimate of drug-likeness (QED) is 0.742. The molecule has 0 aromatic carbocycles. The number of rotatable bonds is 2. The van der Waals surface area contributed by atoms with Crippen molar-refractivity contribution in [3.8, 4) is 0 Å². The molecule has 3 saturated heterocycles. The van der Waals surface area contributed by atoms with Crippen LogP contribution >= 0.6 is 0 Å². The Morgan fingerprint density at radius 2 is 2.18 bits per heavy atom. The number of hydrogen-bond donors (Lipinski definition) is 1. The van der Waals surface area contributed by atoms with E-state index in [1.807, 2.05) is 0 Å². The molecule has 17 heavy (non-hydrogen) atoms. The van der Waals surface area contributed by atoms with Crippen LogP contribution in [0.25, 0.3) is 0 Å². The molecule has 0 amide bonds. The molecule has 3 rings (SSSR count). The van der Waals surface area contributed by atoms with Crippen LogP contribution in [0.1, 0.15) is 19.3 Å². The van der Waals surface area contributed by atoms with Gasteiger partial charge in [0, 0.05) is 44.8 Å². The summed E-state index contributed by atoms with van der Waals surface area (Å²) in [4.78, 5) is 5.34. The molecular weight excluding hydrogens is 214 g/mol. The molecular formula is C13H25N3O. The minimum atomic E-state index is 0.555. The molecule has 0 saturated carbocycles. The molecule has 0 radical (unpaired) electrons. The van der Waals surface area contributed by atoms with Gasteiger partial charge in [0.1, 0.15) is 0 Å². The fourth-order valence-corrected chi connectivity index (χ4v) is 3.43. The highest BCUT2D eigenvalue weighted by atomic mass is 16.5. The Morgan fingerprint density at radius 1 is 1.18 bits per heavy atom. The van der Waals surface area contributed by atoms with E-state index < -0.39 is 0 Å². The van der Waals surface area contributed by atoms with E-state index in [0.717, 1.165) is 25.8 Å². The molecule has 4 heteroatoms. The van der Waals surface area contributed by atoms with E-state index in [2.05, 4.69) is 15.1 Å². The zero-order valence-electron chi connectivity index (χ0n) is 10.7. The zero-order valence-corrected chi connectivity index (χ0v) is 10.7. The first-order valence-corrected chi connectivity index (χ1v) is 7.19. The van der Waals surface area contributed by atoms with Crippen LogP contribution in [0.15, 0.2) is 0 Å². The van der Waals surface area contributed by atoms with Gasteiger partial charge in [0.05, 0.1) is 13.2 Å². The average Bonchev–Trinajstić information content (AvgIpc) is 2.40. The van der Waals surface area contributed by atoms with E-state index in [4.69, 9.17) is 4.74 Å². The van der Waals surface area contributed by atoms with Crippen molar-refractivity contribution in [1.29, 1.82) is 0 Å². The average molecular weight is 239 g/mol. The van der Waals surface area contributed by atoms with Crippen LogP contribution in [-0.2, 0) is 4.74 Å². The van der Waals surface area contributed by atoms with Crippen LogP contribution in [0.4, 0.5) is 0 Å². The smallest absolute Gasteiger partial charge is 0.0632 e. The second-order valence-corrected chi connectivity index (χ2v) is 5.67. The minimum Gasteiger partial charge on any atom is -0.378 e. The second-order valence-electron chi connectivity index (χ2n) is 5.67. The first-order valence-electron chi connectivity index (χ1n) is 7.19. The van der Waals surface area contributed by atoms with Gasteiger partial charge in [-0.3, -0.25) is 9.80 Å². The highest BCUT2D eigenvalue weighted by Gasteiger charge is 2.29. The number of hydrogen-bond acceptors (Lipinski definition) is 4. The lowest BCUT2D eigenvalue weighted by atomic mass is 9.99. The van der Waals surface area contributed by atoms with Crippen LogP contribution in [0.2, 0.25) is 0 Å². The summed E-state index contributed by atoms with van der Waals surface area (Å²) >= 11 is 0. The third-order valence-electron chi connectivity index (χ3n) is 4.40. The fourth-order valence-electron chi connectivity index (χ4n) is 3.43. The second kappa shape index (κ2) is 5.65. The lowest BCUT2D eigenvalue weighted by molar-refractivity contribution is 0.0222. The Bertz CT molecular complexity index is 241. The van der Waals surface area contributed by atoms with Crippen molar-refractivity contribution < 1.29 is 4.74 Å². The molecule has 0 aliphatic carbocycles. The van der Waals surface area contributed by atoms with Gasteiger partial charge >= 0.3 is 0 Å². The number of fused-ring (bicyclic) bond motifs is 1. The lowest BCUT2D eigenvalue weighted by Gasteiger charge is -2.45. The maximum absolute atomic E-state index is 5.53. The van der Waals surface area contributed by atoms with Crippen molar-refractivity contribution in [2.24, 2.45) is 0 Å². The topological polar surface area (TPSA) is 27.7 Å². The highest BCUT2D eigenvalue weighted by Crippen LogP contribution is 2.21. The van der Waals surface area contributed by atoms with Crippen LogP contribution in [-0.4, -0.2) is 74.4 Å². The molecule has 3 aliphatic heterocycles. The molecule has 0 bridgehead atoms. The summed E-state index contributed by atoms with van der Waals surface area (Å²) in [5, 5.41) is 3.56. The Kier molecular flexibility index (Phi) is 3.96. The van der Waals surface area contributed by atoms with Crippen LogP contribution in [0.5, 0.6) is 0 Å². The predicted octanol–water partition coefficient (Wildman–Crippen LogP) is 0.145. The van der Waals surface area contributed by atoms with Gasteiger partial charge in [-0.05, 0) is 19.4 Å². The number of nitrogens with zero attached hydrogens (tertiary/aromatic N) is 2. The molecule has 3 heterocycles. The summed E-state index contributed by atoms with van der Waals surface area (Å²) in [5.74, 6) is 0. The fraction of sp³-hybridized carbons (Fsp3) is 1.00. The maximum Gasteiger partial charge on any atom is 0.0632 e. The standard InChI is InChI=1S/C13H25N3O/c1-2-5-16-7-6-15(10-13(16)3-1)9-12-11-17-8-4-14-12/h12-14H,1-11H2. The van der Waals surface area contributed by atoms with Crippen LogP contribution in [0.3, 0.4) is 0 Å². The van der Waals surface area contributed by atoms with Crippen molar-refractivity contribution in [2.75, 3.05) is 52.5 Å². The number of nitrogens with one attached hydrogen (secondary N) is 1. The van der Waals surface area contributed by atoms with Gasteiger partial charge in [0.25, 0.3) is 0 Å². The number of morpholine rings is 1. The monoisotopic (exact) mass is 239 g/mol. The number of piperazine rings is 1. The third-order valence-corrected chi connectivity index (χ3v) is 4.40. The largest absolute Gasteiger partial charge is 0.378 e. The summed E-state index contributed by atoms with van der Waals surface area (Å²) in [6.45, 7) is 9.10. The summed E-state index contributed by atoms with van der Waals surface area (Å²) in [6.07, 6.45) is 4.25. The predicted molar refractivity (Wildman–Crippen MR) is 68.3 cm³/mol. The van der Waals surface area contributed by atoms with Crippen molar-refractivity contribution in [2.45, 2.75) is 31.3 Å². The summed E-state index contributed by atoms with van der Waals surface area (Å²) in [5.41, 5.74) is 0. The number of piperidine rings is 1. The first kappa shape index (κ1) is 11.9. The lowest BCUT2D eigenvalue weighted by Crippen LogP contribution is -2.58. The third kappa shape index (κ3) is 2.99. The molecule has 1 N–H and O–H groups in total. The van der Waals surface area contributed by atoms with Crippen molar-refractivity contribution in [3.05, 3.63) is 0 Å². The molecule has 0 aromatic rings. The first-order chi connectivity index (χ1) is 8.42. The Morgan fingerprint density at radius 3 is 3.06 bits per heavy atom. The van der Waals surface area contributed by atoms with E-state index in [1.165, 1.54) is 52.0 Å². The molecule has 2 atom stereocenters. The van der Waals surface area contributed by atoms with Crippen molar-refractivity contribution >= 4 is 0 Å². The maximum atomic E-state index is 5.53. The van der Waals surface area contributed by atoms with E-state index in [1.54, 1.807) is 0 Å². The van der Waals surface area contributed by atoms with Crippen LogP contribution < -0.4 is 5.32 Å². The van der Waals surface area contributed by atoms with Gasteiger partial charge < -0.3 is 10.1 Å². The summed E-state index contributed by atoms with van der Waals surface area (Å²) < 4.78 is 5.53. The van der Waals surface area contributed by atoms with Gasteiger partial charge in [0.2, 0.25) is 0 Å². The van der Waals surface area contributed by atoms with Gasteiger partial charge in [-0.15, -0.1) is 0 Å². The van der Waals surface area contributed by atoms with Gasteiger partial charge in [0.15, 0.2) is 0 Å². The Labute approximate surface area is 104 Å². The Balaban J connectivity index is 1.48. The van der Waals surface area contributed by atoms with Gasteiger partial charge in [-0.25, -0.2) is 0 Å².